The number of nitrogens with zero attached hydrogens (tertiary/aromatic N) is 4. The van der Waals surface area contributed by atoms with Crippen LogP contribution in [0, 0.1) is 18.3 Å². The van der Waals surface area contributed by atoms with Crippen LogP contribution in [-0.4, -0.2) is 53.4 Å². The number of nitriles is 1. The van der Waals surface area contributed by atoms with E-state index >= 15 is 0 Å². The topological polar surface area (TPSA) is 72.3 Å². The van der Waals surface area contributed by atoms with Gasteiger partial charge in [-0.05, 0) is 31.0 Å². The van der Waals surface area contributed by atoms with Gasteiger partial charge in [0.15, 0.2) is 0 Å². The Morgan fingerprint density at radius 1 is 1.00 bits per heavy atom. The van der Waals surface area contributed by atoms with E-state index in [1.165, 1.54) is 0 Å². The Hall–Kier alpha value is -3.53. The lowest BCUT2D eigenvalue weighted by Crippen LogP contribution is -2.53. The van der Waals surface area contributed by atoms with E-state index in [1.807, 2.05) is 60.4 Å². The molecular weight excluding hydrogens is 422 g/mol. The van der Waals surface area contributed by atoms with Gasteiger partial charge in [0.1, 0.15) is 6.04 Å². The van der Waals surface area contributed by atoms with Gasteiger partial charge in [0.05, 0.1) is 18.2 Å². The summed E-state index contributed by atoms with van der Waals surface area (Å²) in [6, 6.07) is 26.4. The summed E-state index contributed by atoms with van der Waals surface area (Å²) in [4.78, 5) is 21.5. The molecule has 6 nitrogen and oxygen atoms in total. The van der Waals surface area contributed by atoms with Crippen molar-refractivity contribution in [2.75, 3.05) is 32.7 Å². The molecule has 0 aliphatic carbocycles. The molecule has 0 bridgehead atoms. The predicted octanol–water partition coefficient (Wildman–Crippen LogP) is 3.65. The standard InChI is InChI=1S/C28H31N5O/c1-22-25(14-9-15-30-22)26(20-29)32-16-18-33(19-17-32)27(34)21-31-28(2,23-10-5-3-6-11-23)24-12-7-4-8-13-24/h3-15,26,31H,16-19,21H2,1-2H3. The van der Waals surface area contributed by atoms with Crippen LogP contribution in [0.3, 0.4) is 0 Å². The summed E-state index contributed by atoms with van der Waals surface area (Å²) < 4.78 is 0. The highest BCUT2D eigenvalue weighted by molar-refractivity contribution is 5.78. The second-order valence-corrected chi connectivity index (χ2v) is 8.84. The lowest BCUT2D eigenvalue weighted by Gasteiger charge is -2.38. The van der Waals surface area contributed by atoms with Gasteiger partial charge >= 0.3 is 0 Å². The summed E-state index contributed by atoms with van der Waals surface area (Å²) in [7, 11) is 0. The smallest absolute Gasteiger partial charge is 0.236 e. The largest absolute Gasteiger partial charge is 0.339 e. The van der Waals surface area contributed by atoms with E-state index < -0.39 is 5.54 Å². The van der Waals surface area contributed by atoms with E-state index in [-0.39, 0.29) is 18.5 Å². The van der Waals surface area contributed by atoms with Crippen LogP contribution in [0.2, 0.25) is 0 Å². The lowest BCUT2D eigenvalue weighted by molar-refractivity contribution is -0.132. The van der Waals surface area contributed by atoms with Crippen molar-refractivity contribution in [1.29, 1.82) is 5.26 Å². The van der Waals surface area contributed by atoms with Crippen molar-refractivity contribution in [3.05, 3.63) is 101 Å². The molecule has 2 aromatic carbocycles. The molecule has 1 aromatic heterocycles. The number of amides is 1. The van der Waals surface area contributed by atoms with E-state index in [4.69, 9.17) is 0 Å². The molecule has 34 heavy (non-hydrogen) atoms. The van der Waals surface area contributed by atoms with Crippen molar-refractivity contribution in [3.63, 3.8) is 0 Å². The monoisotopic (exact) mass is 453 g/mol. The minimum atomic E-state index is -0.482. The van der Waals surface area contributed by atoms with Crippen molar-refractivity contribution < 1.29 is 4.79 Å². The minimum absolute atomic E-state index is 0.0730. The number of aryl methyl sites for hydroxylation is 1. The molecule has 4 rings (SSSR count). The lowest BCUT2D eigenvalue weighted by atomic mass is 9.84. The summed E-state index contributed by atoms with van der Waals surface area (Å²) >= 11 is 0. The van der Waals surface area contributed by atoms with Gasteiger partial charge in [0.2, 0.25) is 5.91 Å². The molecule has 174 valence electrons. The first-order valence-electron chi connectivity index (χ1n) is 11.7. The molecular formula is C28H31N5O. The number of aromatic nitrogens is 1. The van der Waals surface area contributed by atoms with E-state index in [2.05, 4.69) is 52.5 Å². The summed E-state index contributed by atoms with van der Waals surface area (Å²) in [6.07, 6.45) is 1.75. The number of piperazine rings is 1. The van der Waals surface area contributed by atoms with E-state index in [9.17, 15) is 10.1 Å². The fraction of sp³-hybridized carbons (Fsp3) is 0.321. The molecule has 1 atom stereocenters. The fourth-order valence-corrected chi connectivity index (χ4v) is 4.64. The molecule has 1 N–H and O–H groups in total. The quantitative estimate of drug-likeness (QED) is 0.591. The van der Waals surface area contributed by atoms with Gasteiger partial charge in [-0.2, -0.15) is 5.26 Å². The van der Waals surface area contributed by atoms with Crippen molar-refractivity contribution in [2.24, 2.45) is 0 Å². The normalized spacial score (nSPS) is 15.5. The highest BCUT2D eigenvalue weighted by Gasteiger charge is 2.31. The number of carbonyl (C=O) groups is 1. The number of hydrogen-bond donors (Lipinski definition) is 1. The molecule has 0 spiro atoms. The maximum atomic E-state index is 13.1. The average molecular weight is 454 g/mol. The molecule has 2 heterocycles. The van der Waals surface area contributed by atoms with Crippen molar-refractivity contribution in [3.8, 4) is 6.07 Å². The zero-order chi connectivity index (χ0) is 24.0. The van der Waals surface area contributed by atoms with Gasteiger partial charge in [0, 0.05) is 43.6 Å². The third kappa shape index (κ3) is 5.01. The number of benzene rings is 2. The molecule has 1 aliphatic heterocycles. The third-order valence-corrected chi connectivity index (χ3v) is 6.79. The van der Waals surface area contributed by atoms with Crippen LogP contribution < -0.4 is 5.32 Å². The summed E-state index contributed by atoms with van der Waals surface area (Å²) in [5, 5.41) is 13.4. The highest BCUT2D eigenvalue weighted by atomic mass is 16.2. The van der Waals surface area contributed by atoms with Crippen LogP contribution in [-0.2, 0) is 10.3 Å². The number of carbonyl (C=O) groups excluding carboxylic acids is 1. The van der Waals surface area contributed by atoms with Crippen molar-refractivity contribution >= 4 is 5.91 Å². The number of pyridine rings is 1. The van der Waals surface area contributed by atoms with Gasteiger partial charge in [-0.25, -0.2) is 0 Å². The fourth-order valence-electron chi connectivity index (χ4n) is 4.64. The summed E-state index contributed by atoms with van der Waals surface area (Å²) in [5.74, 6) is 0.0730. The predicted molar refractivity (Wildman–Crippen MR) is 133 cm³/mol. The van der Waals surface area contributed by atoms with Gasteiger partial charge in [-0.3, -0.25) is 20.0 Å². The van der Waals surface area contributed by atoms with E-state index in [0.29, 0.717) is 26.2 Å². The van der Waals surface area contributed by atoms with Crippen LogP contribution in [0.1, 0.15) is 35.3 Å². The number of rotatable bonds is 7. The molecule has 1 aliphatic rings. The second-order valence-electron chi connectivity index (χ2n) is 8.84. The van der Waals surface area contributed by atoms with Crippen molar-refractivity contribution in [1.82, 2.24) is 20.1 Å². The second kappa shape index (κ2) is 10.6. The minimum Gasteiger partial charge on any atom is -0.339 e. The molecule has 1 saturated heterocycles. The van der Waals surface area contributed by atoms with Gasteiger partial charge < -0.3 is 4.90 Å². The van der Waals surface area contributed by atoms with E-state index in [1.54, 1.807) is 6.20 Å². The molecule has 3 aromatic rings. The summed E-state index contributed by atoms with van der Waals surface area (Å²) in [5.41, 5.74) is 3.56. The van der Waals surface area contributed by atoms with Crippen molar-refractivity contribution in [2.45, 2.75) is 25.4 Å². The SMILES string of the molecule is Cc1ncccc1C(C#N)N1CCN(C(=O)CNC(C)(c2ccccc2)c2ccccc2)CC1. The first kappa shape index (κ1) is 23.6. The summed E-state index contributed by atoms with van der Waals surface area (Å²) in [6.45, 7) is 6.82. The molecule has 1 amide bonds. The Morgan fingerprint density at radius 2 is 1.59 bits per heavy atom. The molecule has 1 fully saturated rings. The first-order chi connectivity index (χ1) is 16.5. The highest BCUT2D eigenvalue weighted by Crippen LogP contribution is 2.29. The van der Waals surface area contributed by atoms with Crippen LogP contribution in [0.4, 0.5) is 0 Å². The Morgan fingerprint density at radius 3 is 2.12 bits per heavy atom. The third-order valence-electron chi connectivity index (χ3n) is 6.79. The van der Waals surface area contributed by atoms with E-state index in [0.717, 1.165) is 22.4 Å². The molecule has 1 unspecified atom stereocenters. The van der Waals surface area contributed by atoms with Crippen LogP contribution in [0.15, 0.2) is 79.0 Å². The van der Waals surface area contributed by atoms with Gasteiger partial charge in [-0.1, -0.05) is 66.7 Å². The van der Waals surface area contributed by atoms with Gasteiger partial charge in [0.25, 0.3) is 0 Å². The molecule has 0 radical (unpaired) electrons. The van der Waals surface area contributed by atoms with Crippen LogP contribution in [0.25, 0.3) is 0 Å². The zero-order valence-corrected chi connectivity index (χ0v) is 19.8. The number of nitrogens with one attached hydrogen (secondary N) is 1. The molecule has 6 heteroatoms. The van der Waals surface area contributed by atoms with Crippen LogP contribution in [0.5, 0.6) is 0 Å². The van der Waals surface area contributed by atoms with Crippen LogP contribution >= 0.6 is 0 Å². The zero-order valence-electron chi connectivity index (χ0n) is 19.8. The van der Waals surface area contributed by atoms with Gasteiger partial charge in [-0.15, -0.1) is 0 Å². The Kier molecular flexibility index (Phi) is 7.36. The first-order valence-corrected chi connectivity index (χ1v) is 11.7. The Bertz CT molecular complexity index is 1090. The average Bonchev–Trinajstić information content (AvgIpc) is 2.90. The Labute approximate surface area is 201 Å². The Balaban J connectivity index is 1.41. The maximum Gasteiger partial charge on any atom is 0.236 e. The number of hydrogen-bond acceptors (Lipinski definition) is 5. The molecule has 0 saturated carbocycles. The maximum absolute atomic E-state index is 13.1.